The van der Waals surface area contributed by atoms with Crippen LogP contribution in [0.3, 0.4) is 0 Å². The van der Waals surface area contributed by atoms with Gasteiger partial charge in [-0.3, -0.25) is 0 Å². The molecule has 1 aromatic heterocycles. The molecule has 1 heterocycles. The van der Waals surface area contributed by atoms with Crippen LogP contribution in [0.25, 0.3) is 0 Å². The van der Waals surface area contributed by atoms with Gasteiger partial charge in [0, 0.05) is 0 Å². The summed E-state index contributed by atoms with van der Waals surface area (Å²) in [6.07, 6.45) is 4.11. The van der Waals surface area contributed by atoms with E-state index in [1.165, 1.54) is 9.37 Å². The Morgan fingerprint density at radius 3 is 1.93 bits per heavy atom. The molecule has 2 aromatic rings. The predicted molar refractivity (Wildman–Crippen MR) is 122 cm³/mol. The molecule has 0 saturated carbocycles. The minimum atomic E-state index is -1.58. The Bertz CT molecular complexity index is 870. The monoisotopic (exact) mass is 613 g/mol. The van der Waals surface area contributed by atoms with Crippen molar-refractivity contribution in [3.05, 3.63) is 64.5 Å². The summed E-state index contributed by atoms with van der Waals surface area (Å²) >= 11 is 2.31. The van der Waals surface area contributed by atoms with Gasteiger partial charge in [-0.05, 0) is 26.2 Å². The molecule has 0 aliphatic heterocycles. The van der Waals surface area contributed by atoms with Crippen molar-refractivity contribution in [2.45, 2.75) is 32.7 Å². The third kappa shape index (κ3) is 8.09. The van der Waals surface area contributed by atoms with Crippen LogP contribution in [-0.4, -0.2) is 40.0 Å². The van der Waals surface area contributed by atoms with Crippen molar-refractivity contribution in [1.29, 1.82) is 0 Å². The SMILES string of the molecule is C=C[Si](C)(C)O[Si](C)(C)C=C.COc1ccc(Cn2ccn(C)[c]2=[Pt])cc1OC. The molecule has 0 unspecified atom stereocenters. The van der Waals surface area contributed by atoms with E-state index in [-0.39, 0.29) is 0 Å². The first-order valence-electron chi connectivity index (χ1n) is 9.34. The van der Waals surface area contributed by atoms with E-state index in [2.05, 4.69) is 80.1 Å². The fourth-order valence-electron chi connectivity index (χ4n) is 2.55. The van der Waals surface area contributed by atoms with Crippen LogP contribution in [0.5, 0.6) is 11.5 Å². The molecule has 2 rings (SSSR count). The summed E-state index contributed by atoms with van der Waals surface area (Å²) in [4.78, 5) is 0. The van der Waals surface area contributed by atoms with Gasteiger partial charge in [-0.1, -0.05) is 11.4 Å². The van der Waals surface area contributed by atoms with Crippen molar-refractivity contribution in [2.75, 3.05) is 14.2 Å². The van der Waals surface area contributed by atoms with Gasteiger partial charge < -0.3 is 4.12 Å². The summed E-state index contributed by atoms with van der Waals surface area (Å²) in [6, 6.07) is 6.00. The van der Waals surface area contributed by atoms with E-state index in [9.17, 15) is 0 Å². The maximum absolute atomic E-state index is 5.97. The Labute approximate surface area is 188 Å². The third-order valence-electron chi connectivity index (χ3n) is 4.27. The van der Waals surface area contributed by atoms with Crippen LogP contribution in [-0.2, 0) is 37.1 Å². The molecule has 5 nitrogen and oxygen atoms in total. The standard InChI is InChI=1S/C13H16N2O2.C8H18OSi2.Pt/c1-14-6-7-15(10-14)9-11-4-5-12(16-2)13(8-11)17-3;1-7-10(3,4)9-11(5,6)8-2;/h4-8H,9H2,1-3H3;7-8H,1-2H2,3-6H3;. The number of aryl methyl sites for hydroxylation is 1. The van der Waals surface area contributed by atoms with Gasteiger partial charge in [0.1, 0.15) is 0 Å². The molecule has 0 amide bonds. The first-order chi connectivity index (χ1) is 13.5. The molecule has 0 fully saturated rings. The Balaban J connectivity index is 0.000000331. The first-order valence-corrected chi connectivity index (χ1v) is 16.4. The number of hydrogen-bond donors (Lipinski definition) is 0. The first kappa shape index (κ1) is 25.6. The normalized spacial score (nSPS) is 11.3. The van der Waals surface area contributed by atoms with Gasteiger partial charge in [-0.25, -0.2) is 0 Å². The minimum absolute atomic E-state index is 0.758. The molecular weight excluding hydrogens is 579 g/mol. The van der Waals surface area contributed by atoms with Gasteiger partial charge in [0.15, 0.2) is 16.6 Å². The molecule has 0 N–H and O–H groups in total. The van der Waals surface area contributed by atoms with Gasteiger partial charge in [0.05, 0.1) is 0 Å². The van der Waals surface area contributed by atoms with Gasteiger partial charge in [0.2, 0.25) is 0 Å². The second-order valence-corrected chi connectivity index (χ2v) is 16.7. The molecule has 0 aliphatic rings. The topological polar surface area (TPSA) is 37.5 Å². The Hall–Kier alpha value is -1.41. The third-order valence-corrected chi connectivity index (χ3v) is 11.9. The molecule has 0 spiro atoms. The predicted octanol–water partition coefficient (Wildman–Crippen LogP) is 4.83. The van der Waals surface area contributed by atoms with Gasteiger partial charge in [0.25, 0.3) is 0 Å². The summed E-state index contributed by atoms with van der Waals surface area (Å²) < 4.78 is 22.0. The zero-order valence-corrected chi connectivity index (χ0v) is 22.9. The average molecular weight is 614 g/mol. The van der Waals surface area contributed by atoms with Gasteiger partial charge in [-0.2, -0.15) is 0 Å². The van der Waals surface area contributed by atoms with Gasteiger partial charge >= 0.3 is 117 Å². The summed E-state index contributed by atoms with van der Waals surface area (Å²) in [5.74, 6) is 1.52. The van der Waals surface area contributed by atoms with Crippen molar-refractivity contribution in [3.8, 4) is 11.5 Å². The van der Waals surface area contributed by atoms with Gasteiger partial charge in [-0.15, -0.1) is 13.2 Å². The zero-order chi connectivity index (χ0) is 22.2. The van der Waals surface area contributed by atoms with E-state index in [0.29, 0.717) is 0 Å². The van der Waals surface area contributed by atoms with Crippen LogP contribution in [0.15, 0.2) is 55.1 Å². The zero-order valence-electron chi connectivity index (χ0n) is 18.6. The number of hydrogen-bond acceptors (Lipinski definition) is 3. The van der Waals surface area contributed by atoms with Crippen LogP contribution in [0, 0.1) is 3.80 Å². The van der Waals surface area contributed by atoms with Crippen molar-refractivity contribution in [1.82, 2.24) is 9.13 Å². The number of imidazole rings is 1. The van der Waals surface area contributed by atoms with Crippen molar-refractivity contribution in [2.24, 2.45) is 7.05 Å². The van der Waals surface area contributed by atoms with E-state index < -0.39 is 16.6 Å². The fourth-order valence-corrected chi connectivity index (χ4v) is 9.16. The van der Waals surface area contributed by atoms with E-state index >= 15 is 0 Å². The molecule has 0 bridgehead atoms. The fraction of sp³-hybridized carbons (Fsp3) is 0.381. The molecular formula is C21H34N2O3PtSi2. The summed E-state index contributed by atoms with van der Waals surface area (Å²) in [7, 11) is 2.18. The molecule has 164 valence electrons. The number of rotatable bonds is 8. The Morgan fingerprint density at radius 1 is 0.966 bits per heavy atom. The summed E-state index contributed by atoms with van der Waals surface area (Å²) in [6.45, 7) is 17.0. The van der Waals surface area contributed by atoms with E-state index in [1.54, 1.807) is 14.2 Å². The van der Waals surface area contributed by atoms with E-state index in [1.807, 2.05) is 36.8 Å². The second kappa shape index (κ2) is 11.1. The summed E-state index contributed by atoms with van der Waals surface area (Å²) in [5.41, 5.74) is 5.11. The maximum atomic E-state index is 5.97. The molecule has 0 aliphatic carbocycles. The molecule has 1 aromatic carbocycles. The van der Waals surface area contributed by atoms with Crippen molar-refractivity contribution < 1.29 is 32.9 Å². The van der Waals surface area contributed by atoms with Crippen LogP contribution < -0.4 is 9.47 Å². The number of ether oxygens (including phenoxy) is 2. The quantitative estimate of drug-likeness (QED) is 0.401. The van der Waals surface area contributed by atoms with Crippen molar-refractivity contribution >= 4 is 16.6 Å². The summed E-state index contributed by atoms with van der Waals surface area (Å²) in [5, 5.41) is 0. The van der Waals surface area contributed by atoms with Crippen LogP contribution in [0.4, 0.5) is 0 Å². The van der Waals surface area contributed by atoms with E-state index in [4.69, 9.17) is 13.6 Å². The number of methoxy groups -OCH3 is 2. The number of nitrogens with zero attached hydrogens (tertiary/aromatic N) is 2. The Kier molecular flexibility index (Phi) is 9.82. The van der Waals surface area contributed by atoms with Crippen molar-refractivity contribution in [3.63, 3.8) is 0 Å². The molecule has 29 heavy (non-hydrogen) atoms. The molecule has 0 atom stereocenters. The average Bonchev–Trinajstić information content (AvgIpc) is 2.99. The van der Waals surface area contributed by atoms with E-state index in [0.717, 1.165) is 18.0 Å². The Morgan fingerprint density at radius 2 is 1.52 bits per heavy atom. The number of aromatic nitrogens is 2. The van der Waals surface area contributed by atoms with Crippen LogP contribution >= 0.6 is 0 Å². The molecule has 0 radical (unpaired) electrons. The second-order valence-electron chi connectivity index (χ2n) is 7.68. The molecule has 8 heteroatoms. The molecule has 0 saturated heterocycles. The van der Waals surface area contributed by atoms with Crippen LogP contribution in [0.1, 0.15) is 5.56 Å². The number of benzene rings is 1. The van der Waals surface area contributed by atoms with Crippen LogP contribution in [0.2, 0.25) is 26.2 Å².